The highest BCUT2D eigenvalue weighted by atomic mass is 19.1. The minimum atomic E-state index is -1.40. The SMILES string of the molecule is COCCN(C)C(=O)c1cc(Oc2nc(OC(CC(C)C)C(=O)O)c(F)cc2F)cc(-c2cccc(CN)c2)c1. The lowest BCUT2D eigenvalue weighted by molar-refractivity contribution is -0.146. The Labute approximate surface area is 231 Å². The molecule has 0 bridgehead atoms. The van der Waals surface area contributed by atoms with Crippen LogP contribution in [0.15, 0.2) is 48.5 Å². The summed E-state index contributed by atoms with van der Waals surface area (Å²) in [4.78, 5) is 30.0. The van der Waals surface area contributed by atoms with Crippen molar-refractivity contribution in [3.05, 3.63) is 71.3 Å². The molecule has 0 aliphatic carbocycles. The maximum atomic E-state index is 14.8. The molecule has 0 aliphatic rings. The summed E-state index contributed by atoms with van der Waals surface area (Å²) in [6.07, 6.45) is -1.32. The number of carbonyl (C=O) groups excluding carboxylic acids is 1. The van der Waals surface area contributed by atoms with Crippen molar-refractivity contribution in [3.8, 4) is 28.6 Å². The molecular weight excluding hydrogens is 524 g/mol. The summed E-state index contributed by atoms with van der Waals surface area (Å²) in [6.45, 7) is 4.52. The van der Waals surface area contributed by atoms with Crippen LogP contribution in [0.2, 0.25) is 0 Å². The van der Waals surface area contributed by atoms with Gasteiger partial charge < -0.3 is 30.0 Å². The number of nitrogens with two attached hydrogens (primary N) is 1. The highest BCUT2D eigenvalue weighted by molar-refractivity contribution is 5.96. The molecule has 2 aromatic carbocycles. The highest BCUT2D eigenvalue weighted by Gasteiger charge is 2.25. The Balaban J connectivity index is 2.04. The second kappa shape index (κ2) is 13.8. The monoisotopic (exact) mass is 557 g/mol. The van der Waals surface area contributed by atoms with Crippen molar-refractivity contribution >= 4 is 11.9 Å². The zero-order valence-electron chi connectivity index (χ0n) is 22.8. The Morgan fingerprint density at radius 3 is 2.42 bits per heavy atom. The smallest absolute Gasteiger partial charge is 0.344 e. The second-order valence-electron chi connectivity index (χ2n) is 9.61. The Bertz CT molecular complexity index is 1350. The Morgan fingerprint density at radius 2 is 1.77 bits per heavy atom. The van der Waals surface area contributed by atoms with Gasteiger partial charge in [0.2, 0.25) is 0 Å². The number of amides is 1. The first-order valence-corrected chi connectivity index (χ1v) is 12.6. The standard InChI is InChI=1S/C29H33F2N3O6/c1-17(2)10-25(29(36)37)40-27-24(31)15-23(30)26(33-27)39-22-13-20(19-7-5-6-18(11-19)16-32)12-21(14-22)28(35)34(3)8-9-38-4/h5-7,11-15,17,25H,8-10,16,32H2,1-4H3,(H,36,37). The molecule has 11 heteroatoms. The molecule has 3 aromatic rings. The zero-order valence-corrected chi connectivity index (χ0v) is 22.8. The van der Waals surface area contributed by atoms with E-state index in [1.165, 1.54) is 18.1 Å². The van der Waals surface area contributed by atoms with Gasteiger partial charge in [0, 0.05) is 38.9 Å². The van der Waals surface area contributed by atoms with Gasteiger partial charge in [0.05, 0.1) is 6.61 Å². The number of likely N-dealkylation sites (N-methyl/N-ethyl adjacent to an activating group) is 1. The molecule has 0 fully saturated rings. The molecule has 1 aromatic heterocycles. The molecule has 0 saturated heterocycles. The minimum absolute atomic E-state index is 0.0417. The van der Waals surface area contributed by atoms with Crippen LogP contribution in [0.25, 0.3) is 11.1 Å². The van der Waals surface area contributed by atoms with Gasteiger partial charge in [0.15, 0.2) is 17.7 Å². The quantitative estimate of drug-likeness (QED) is 0.305. The molecule has 3 rings (SSSR count). The van der Waals surface area contributed by atoms with Gasteiger partial charge in [0.25, 0.3) is 17.7 Å². The topological polar surface area (TPSA) is 124 Å². The molecule has 3 N–H and O–H groups in total. The third kappa shape index (κ3) is 7.96. The summed E-state index contributed by atoms with van der Waals surface area (Å²) >= 11 is 0. The third-order valence-corrected chi connectivity index (χ3v) is 5.92. The number of ether oxygens (including phenoxy) is 3. The summed E-state index contributed by atoms with van der Waals surface area (Å²) in [5.74, 6) is -5.36. The fraction of sp³-hybridized carbons (Fsp3) is 0.345. The molecular formula is C29H33F2N3O6. The number of halogens is 2. The van der Waals surface area contributed by atoms with Crippen LogP contribution in [-0.4, -0.2) is 60.3 Å². The number of nitrogens with zero attached hydrogens (tertiary/aromatic N) is 2. The van der Waals surface area contributed by atoms with E-state index in [0.29, 0.717) is 31.3 Å². The lowest BCUT2D eigenvalue weighted by Crippen LogP contribution is -2.30. The molecule has 1 amide bonds. The van der Waals surface area contributed by atoms with Crippen LogP contribution < -0.4 is 15.2 Å². The molecule has 0 aliphatic heterocycles. The van der Waals surface area contributed by atoms with Gasteiger partial charge in [0.1, 0.15) is 5.75 Å². The molecule has 0 radical (unpaired) electrons. The summed E-state index contributed by atoms with van der Waals surface area (Å²) in [5.41, 5.74) is 8.20. The number of methoxy groups -OCH3 is 1. The fourth-order valence-corrected chi connectivity index (χ4v) is 3.84. The normalized spacial score (nSPS) is 11.8. The van der Waals surface area contributed by atoms with E-state index >= 15 is 0 Å². The Morgan fingerprint density at radius 1 is 1.05 bits per heavy atom. The van der Waals surface area contributed by atoms with E-state index in [1.807, 2.05) is 24.3 Å². The van der Waals surface area contributed by atoms with E-state index < -0.39 is 35.5 Å². The zero-order chi connectivity index (χ0) is 29.4. The number of aromatic nitrogens is 1. The molecule has 214 valence electrons. The van der Waals surface area contributed by atoms with Crippen molar-refractivity contribution in [1.29, 1.82) is 0 Å². The van der Waals surface area contributed by atoms with Gasteiger partial charge in [-0.1, -0.05) is 32.0 Å². The van der Waals surface area contributed by atoms with Gasteiger partial charge in [-0.2, -0.15) is 4.98 Å². The largest absolute Gasteiger partial charge is 0.479 e. The van der Waals surface area contributed by atoms with Crippen LogP contribution in [-0.2, 0) is 16.1 Å². The Hall–Kier alpha value is -4.09. The Kier molecular flexibility index (Phi) is 10.5. The van der Waals surface area contributed by atoms with Crippen molar-refractivity contribution in [3.63, 3.8) is 0 Å². The van der Waals surface area contributed by atoms with Crippen LogP contribution in [0, 0.1) is 17.6 Å². The molecule has 1 heterocycles. The number of aliphatic carboxylic acids is 1. The predicted molar refractivity (Wildman–Crippen MR) is 144 cm³/mol. The predicted octanol–water partition coefficient (Wildman–Crippen LogP) is 4.87. The number of pyridine rings is 1. The summed E-state index contributed by atoms with van der Waals surface area (Å²) in [7, 11) is 3.14. The van der Waals surface area contributed by atoms with Crippen LogP contribution in [0.1, 0.15) is 36.2 Å². The van der Waals surface area contributed by atoms with Crippen molar-refractivity contribution in [2.24, 2.45) is 11.7 Å². The summed E-state index contributed by atoms with van der Waals surface area (Å²) in [6, 6.07) is 12.5. The second-order valence-corrected chi connectivity index (χ2v) is 9.61. The van der Waals surface area contributed by atoms with E-state index in [-0.39, 0.29) is 29.6 Å². The fourth-order valence-electron chi connectivity index (χ4n) is 3.84. The third-order valence-electron chi connectivity index (χ3n) is 5.92. The number of hydrogen-bond donors (Lipinski definition) is 2. The number of carboxylic acids is 1. The average Bonchev–Trinajstić information content (AvgIpc) is 2.92. The molecule has 1 atom stereocenters. The molecule has 9 nitrogen and oxygen atoms in total. The first kappa shape index (κ1) is 30.5. The maximum absolute atomic E-state index is 14.8. The van der Waals surface area contributed by atoms with Crippen molar-refractivity contribution in [1.82, 2.24) is 9.88 Å². The average molecular weight is 558 g/mol. The van der Waals surface area contributed by atoms with Gasteiger partial charge >= 0.3 is 5.97 Å². The van der Waals surface area contributed by atoms with E-state index in [4.69, 9.17) is 19.9 Å². The highest BCUT2D eigenvalue weighted by Crippen LogP contribution is 2.32. The van der Waals surface area contributed by atoms with Crippen molar-refractivity contribution in [2.75, 3.05) is 27.3 Å². The van der Waals surface area contributed by atoms with Crippen LogP contribution in [0.4, 0.5) is 8.78 Å². The van der Waals surface area contributed by atoms with Crippen molar-refractivity contribution in [2.45, 2.75) is 32.9 Å². The number of carboxylic acid groups (broad SMARTS) is 1. The van der Waals surface area contributed by atoms with Crippen LogP contribution >= 0.6 is 0 Å². The maximum Gasteiger partial charge on any atom is 0.344 e. The van der Waals surface area contributed by atoms with E-state index in [2.05, 4.69) is 4.98 Å². The van der Waals surface area contributed by atoms with E-state index in [9.17, 15) is 23.5 Å². The molecule has 40 heavy (non-hydrogen) atoms. The van der Waals surface area contributed by atoms with E-state index in [0.717, 1.165) is 11.1 Å². The first-order chi connectivity index (χ1) is 19.0. The van der Waals surface area contributed by atoms with Crippen LogP contribution in [0.3, 0.4) is 0 Å². The van der Waals surface area contributed by atoms with Gasteiger partial charge in [-0.25, -0.2) is 13.6 Å². The van der Waals surface area contributed by atoms with E-state index in [1.54, 1.807) is 33.0 Å². The molecule has 0 spiro atoms. The van der Waals surface area contributed by atoms with Crippen LogP contribution in [0.5, 0.6) is 17.5 Å². The number of carbonyl (C=O) groups is 2. The number of hydrogen-bond acceptors (Lipinski definition) is 7. The van der Waals surface area contributed by atoms with Gasteiger partial charge in [-0.05, 0) is 53.3 Å². The van der Waals surface area contributed by atoms with Gasteiger partial charge in [-0.15, -0.1) is 0 Å². The van der Waals surface area contributed by atoms with Gasteiger partial charge in [-0.3, -0.25) is 4.79 Å². The first-order valence-electron chi connectivity index (χ1n) is 12.6. The molecule has 0 saturated carbocycles. The lowest BCUT2D eigenvalue weighted by atomic mass is 10.00. The summed E-state index contributed by atoms with van der Waals surface area (Å²) < 4.78 is 45.3. The summed E-state index contributed by atoms with van der Waals surface area (Å²) in [5, 5.41) is 9.46. The molecule has 1 unspecified atom stereocenters. The minimum Gasteiger partial charge on any atom is -0.479 e. The number of benzene rings is 2. The lowest BCUT2D eigenvalue weighted by Gasteiger charge is -2.19. The van der Waals surface area contributed by atoms with Crippen molar-refractivity contribution < 1.29 is 37.7 Å². The number of rotatable bonds is 13.